The molecular weight excluding hydrogens is 376 g/mol. The maximum Gasteiger partial charge on any atom is 0.243 e. The minimum absolute atomic E-state index is 0.0969. The van der Waals surface area contributed by atoms with Crippen molar-refractivity contribution in [2.24, 2.45) is 0 Å². The van der Waals surface area contributed by atoms with Crippen molar-refractivity contribution in [2.75, 3.05) is 24.3 Å². The Morgan fingerprint density at radius 1 is 1.00 bits per heavy atom. The number of nitrogens with one attached hydrogen (secondary N) is 2. The van der Waals surface area contributed by atoms with Gasteiger partial charge in [0.2, 0.25) is 5.91 Å². The summed E-state index contributed by atoms with van der Waals surface area (Å²) >= 11 is 6.10. The van der Waals surface area contributed by atoms with Gasteiger partial charge in [-0.05, 0) is 55.0 Å². The average Bonchev–Trinajstić information content (AvgIpc) is 2.71. The van der Waals surface area contributed by atoms with Crippen molar-refractivity contribution in [1.29, 1.82) is 0 Å². The molecule has 0 saturated heterocycles. The summed E-state index contributed by atoms with van der Waals surface area (Å²) in [5.74, 6) is 1.87. The Balaban J connectivity index is 1.56. The molecule has 0 aromatic heterocycles. The maximum atomic E-state index is 12.2. The molecule has 144 valence electrons. The van der Waals surface area contributed by atoms with E-state index in [1.807, 2.05) is 55.5 Å². The van der Waals surface area contributed by atoms with Crippen LogP contribution in [0.1, 0.15) is 5.56 Å². The zero-order chi connectivity index (χ0) is 19.9. The summed E-state index contributed by atoms with van der Waals surface area (Å²) in [5.41, 5.74) is 2.30. The van der Waals surface area contributed by atoms with Crippen LogP contribution in [0.2, 0.25) is 5.02 Å². The monoisotopic (exact) mass is 396 g/mol. The fraction of sp³-hybridized carbons (Fsp3) is 0.136. The van der Waals surface area contributed by atoms with Crippen molar-refractivity contribution in [2.45, 2.75) is 6.92 Å². The summed E-state index contributed by atoms with van der Waals surface area (Å²) in [6.45, 7) is 1.99. The van der Waals surface area contributed by atoms with Crippen LogP contribution in [-0.4, -0.2) is 19.6 Å². The van der Waals surface area contributed by atoms with Crippen molar-refractivity contribution in [3.8, 4) is 17.2 Å². The highest BCUT2D eigenvalue weighted by Crippen LogP contribution is 2.30. The highest BCUT2D eigenvalue weighted by atomic mass is 35.5. The van der Waals surface area contributed by atoms with Crippen LogP contribution in [0.4, 0.5) is 11.4 Å². The first-order valence-electron chi connectivity index (χ1n) is 8.76. The molecule has 0 aliphatic heterocycles. The highest BCUT2D eigenvalue weighted by molar-refractivity contribution is 6.31. The lowest BCUT2D eigenvalue weighted by Crippen LogP contribution is -2.22. The molecule has 2 N–H and O–H groups in total. The van der Waals surface area contributed by atoms with Gasteiger partial charge in [-0.1, -0.05) is 29.8 Å². The predicted octanol–water partition coefficient (Wildman–Crippen LogP) is 5.50. The van der Waals surface area contributed by atoms with E-state index < -0.39 is 0 Å². The molecule has 1 amide bonds. The SMILES string of the molecule is COc1cc(Cl)c(C)cc1NCC(=O)Nc1ccc(Oc2ccccc2)cc1. The number of benzene rings is 3. The number of hydrogen-bond acceptors (Lipinski definition) is 4. The average molecular weight is 397 g/mol. The minimum Gasteiger partial charge on any atom is -0.495 e. The maximum absolute atomic E-state index is 12.2. The first-order valence-corrected chi connectivity index (χ1v) is 9.14. The Morgan fingerprint density at radius 2 is 1.68 bits per heavy atom. The second kappa shape index (κ2) is 9.15. The van der Waals surface area contributed by atoms with E-state index in [1.54, 1.807) is 25.3 Å². The Bertz CT molecular complexity index is 944. The summed E-state index contributed by atoms with van der Waals surface area (Å²) in [6, 6.07) is 20.3. The minimum atomic E-state index is -0.175. The molecule has 0 radical (unpaired) electrons. The third-order valence-electron chi connectivity index (χ3n) is 4.04. The van der Waals surface area contributed by atoms with Crippen LogP contribution in [0.25, 0.3) is 0 Å². The van der Waals surface area contributed by atoms with Gasteiger partial charge >= 0.3 is 0 Å². The van der Waals surface area contributed by atoms with E-state index in [4.69, 9.17) is 21.1 Å². The van der Waals surface area contributed by atoms with Crippen LogP contribution in [0.5, 0.6) is 17.2 Å². The second-order valence-electron chi connectivity index (χ2n) is 6.14. The van der Waals surface area contributed by atoms with E-state index in [9.17, 15) is 4.79 Å². The van der Waals surface area contributed by atoms with Gasteiger partial charge in [0, 0.05) is 16.8 Å². The van der Waals surface area contributed by atoms with E-state index in [0.29, 0.717) is 27.9 Å². The van der Waals surface area contributed by atoms with Crippen LogP contribution in [0, 0.1) is 6.92 Å². The van der Waals surface area contributed by atoms with Crippen molar-refractivity contribution in [1.82, 2.24) is 0 Å². The lowest BCUT2D eigenvalue weighted by Gasteiger charge is -2.13. The molecule has 0 aliphatic rings. The molecule has 5 nitrogen and oxygen atoms in total. The third kappa shape index (κ3) is 5.18. The number of rotatable bonds is 7. The molecule has 0 saturated carbocycles. The molecule has 3 aromatic rings. The van der Waals surface area contributed by atoms with Crippen molar-refractivity contribution in [3.63, 3.8) is 0 Å². The normalized spacial score (nSPS) is 10.2. The number of carbonyl (C=O) groups is 1. The van der Waals surface area contributed by atoms with Crippen LogP contribution in [-0.2, 0) is 4.79 Å². The van der Waals surface area contributed by atoms with Gasteiger partial charge in [-0.25, -0.2) is 0 Å². The van der Waals surface area contributed by atoms with E-state index in [1.165, 1.54) is 0 Å². The van der Waals surface area contributed by atoms with E-state index in [0.717, 1.165) is 11.3 Å². The summed E-state index contributed by atoms with van der Waals surface area (Å²) in [7, 11) is 1.56. The molecule has 0 fully saturated rings. The summed E-state index contributed by atoms with van der Waals surface area (Å²) in [4.78, 5) is 12.2. The highest BCUT2D eigenvalue weighted by Gasteiger charge is 2.09. The topological polar surface area (TPSA) is 59.6 Å². The van der Waals surface area contributed by atoms with Gasteiger partial charge < -0.3 is 20.1 Å². The number of anilines is 2. The number of aryl methyl sites for hydroxylation is 1. The van der Waals surface area contributed by atoms with Crippen LogP contribution in [0.15, 0.2) is 66.7 Å². The quantitative estimate of drug-likeness (QED) is 0.553. The number of carbonyl (C=O) groups excluding carboxylic acids is 1. The predicted molar refractivity (Wildman–Crippen MR) is 113 cm³/mol. The van der Waals surface area contributed by atoms with Gasteiger partial charge in [-0.15, -0.1) is 0 Å². The zero-order valence-corrected chi connectivity index (χ0v) is 16.4. The fourth-order valence-corrected chi connectivity index (χ4v) is 2.74. The molecule has 0 spiro atoms. The molecule has 0 aliphatic carbocycles. The van der Waals surface area contributed by atoms with Crippen molar-refractivity contribution in [3.05, 3.63) is 77.3 Å². The van der Waals surface area contributed by atoms with Gasteiger partial charge in [-0.2, -0.15) is 0 Å². The van der Waals surface area contributed by atoms with Gasteiger partial charge in [0.25, 0.3) is 0 Å². The number of ether oxygens (including phenoxy) is 2. The van der Waals surface area contributed by atoms with E-state index in [2.05, 4.69) is 10.6 Å². The number of para-hydroxylation sites is 1. The second-order valence-corrected chi connectivity index (χ2v) is 6.55. The largest absolute Gasteiger partial charge is 0.495 e. The number of hydrogen-bond donors (Lipinski definition) is 2. The van der Waals surface area contributed by atoms with Crippen LogP contribution < -0.4 is 20.1 Å². The third-order valence-corrected chi connectivity index (χ3v) is 4.44. The van der Waals surface area contributed by atoms with Gasteiger partial charge in [0.15, 0.2) is 0 Å². The van der Waals surface area contributed by atoms with Crippen LogP contribution >= 0.6 is 11.6 Å². The number of methoxy groups -OCH3 is 1. The van der Waals surface area contributed by atoms with Gasteiger partial charge in [-0.3, -0.25) is 4.79 Å². The standard InChI is InChI=1S/C22H21ClN2O3/c1-15-12-20(21(27-2)13-19(15)23)24-14-22(26)25-16-8-10-18(11-9-16)28-17-6-4-3-5-7-17/h3-13,24H,14H2,1-2H3,(H,25,26). The zero-order valence-electron chi connectivity index (χ0n) is 15.7. The first kappa shape index (κ1) is 19.6. The van der Waals surface area contributed by atoms with Crippen LogP contribution in [0.3, 0.4) is 0 Å². The van der Waals surface area contributed by atoms with Gasteiger partial charge in [0.1, 0.15) is 17.2 Å². The summed E-state index contributed by atoms with van der Waals surface area (Å²) in [5, 5.41) is 6.53. The Morgan fingerprint density at radius 3 is 2.36 bits per heavy atom. The molecule has 0 unspecified atom stereocenters. The lowest BCUT2D eigenvalue weighted by atomic mass is 10.2. The van der Waals surface area contributed by atoms with E-state index >= 15 is 0 Å². The van der Waals surface area contributed by atoms with E-state index in [-0.39, 0.29) is 12.5 Å². The smallest absolute Gasteiger partial charge is 0.243 e. The van der Waals surface area contributed by atoms with Gasteiger partial charge in [0.05, 0.1) is 19.3 Å². The molecule has 28 heavy (non-hydrogen) atoms. The van der Waals surface area contributed by atoms with Crippen molar-refractivity contribution >= 4 is 28.9 Å². The number of halogens is 1. The Hall–Kier alpha value is -3.18. The summed E-state index contributed by atoms with van der Waals surface area (Å²) in [6.07, 6.45) is 0. The fourth-order valence-electron chi connectivity index (χ4n) is 2.58. The first-order chi connectivity index (χ1) is 13.5. The molecule has 0 bridgehead atoms. The lowest BCUT2D eigenvalue weighted by molar-refractivity contribution is -0.114. The molecule has 6 heteroatoms. The van der Waals surface area contributed by atoms with Crippen molar-refractivity contribution < 1.29 is 14.3 Å². The Kier molecular flexibility index (Phi) is 6.40. The molecule has 3 aromatic carbocycles. The Labute approximate surface area is 169 Å². The summed E-state index contributed by atoms with van der Waals surface area (Å²) < 4.78 is 11.0. The molecule has 3 rings (SSSR count). The molecular formula is C22H21ClN2O3. The molecule has 0 atom stereocenters. The molecule has 0 heterocycles. The number of amides is 1.